The molecule has 0 saturated carbocycles. The molecule has 136 valence electrons. The number of ketones is 1. The molecular weight excluding hydrogens is 330 g/mol. The Labute approximate surface area is 153 Å². The largest absolute Gasteiger partial charge is 0.454 e. The van der Waals surface area contributed by atoms with E-state index in [9.17, 15) is 4.79 Å². The summed E-state index contributed by atoms with van der Waals surface area (Å²) in [5, 5.41) is 0. The van der Waals surface area contributed by atoms with Gasteiger partial charge in [-0.05, 0) is 37.5 Å². The molecule has 2 aliphatic rings. The number of fused-ring (bicyclic) bond motifs is 1. The fraction of sp³-hybridized carbons (Fsp3) is 0.450. The van der Waals surface area contributed by atoms with Gasteiger partial charge >= 0.3 is 0 Å². The summed E-state index contributed by atoms with van der Waals surface area (Å²) in [5.74, 6) is 2.47. The molecule has 0 N–H and O–H groups in total. The lowest BCUT2D eigenvalue weighted by molar-refractivity contribution is 0.0906. The standard InChI is InChI=1S/C20H23N3O3/c1-2-4-15-10-21-12-22-20(15)23-8-3-5-16(11-23)19(24)14-6-7-17-18(9-14)26-13-25-17/h6-7,9-10,12,16H,2-5,8,11,13H2,1H3/t16-/m0/s1. The van der Waals surface area contributed by atoms with Crippen LogP contribution in [0.2, 0.25) is 0 Å². The van der Waals surface area contributed by atoms with Crippen molar-refractivity contribution in [3.63, 3.8) is 0 Å². The van der Waals surface area contributed by atoms with Crippen LogP contribution in [0.15, 0.2) is 30.7 Å². The lowest BCUT2D eigenvalue weighted by Gasteiger charge is -2.33. The number of nitrogens with zero attached hydrogens (tertiary/aromatic N) is 3. The van der Waals surface area contributed by atoms with E-state index in [0.717, 1.165) is 43.6 Å². The van der Waals surface area contributed by atoms with Crippen molar-refractivity contribution in [2.45, 2.75) is 32.6 Å². The molecule has 1 fully saturated rings. The number of carbonyl (C=O) groups excluding carboxylic acids is 1. The Bertz CT molecular complexity index is 809. The maximum absolute atomic E-state index is 13.0. The van der Waals surface area contributed by atoms with Gasteiger partial charge in [-0.25, -0.2) is 9.97 Å². The highest BCUT2D eigenvalue weighted by Crippen LogP contribution is 2.34. The minimum absolute atomic E-state index is 0.0337. The highest BCUT2D eigenvalue weighted by Gasteiger charge is 2.29. The second-order valence-corrected chi connectivity index (χ2v) is 6.84. The average Bonchev–Trinajstić information content (AvgIpc) is 3.16. The predicted octanol–water partition coefficient (Wildman–Crippen LogP) is 3.26. The Morgan fingerprint density at radius 2 is 2.19 bits per heavy atom. The van der Waals surface area contributed by atoms with Crippen LogP contribution in [0.25, 0.3) is 0 Å². The van der Waals surface area contributed by atoms with Crippen molar-refractivity contribution in [2.24, 2.45) is 5.92 Å². The first kappa shape index (κ1) is 16.8. The maximum Gasteiger partial charge on any atom is 0.231 e. The Balaban J connectivity index is 1.53. The SMILES string of the molecule is CCCc1cncnc1N1CCC[C@H](C(=O)c2ccc3c(c2)OCO3)C1. The number of aryl methyl sites for hydroxylation is 1. The fourth-order valence-electron chi connectivity index (χ4n) is 3.75. The first-order valence-electron chi connectivity index (χ1n) is 9.24. The van der Waals surface area contributed by atoms with Gasteiger partial charge in [-0.1, -0.05) is 13.3 Å². The van der Waals surface area contributed by atoms with Gasteiger partial charge in [-0.2, -0.15) is 0 Å². The summed E-state index contributed by atoms with van der Waals surface area (Å²) in [7, 11) is 0. The van der Waals surface area contributed by atoms with Gasteiger partial charge in [-0.3, -0.25) is 4.79 Å². The molecule has 0 radical (unpaired) electrons. The van der Waals surface area contributed by atoms with Gasteiger partial charge in [0.2, 0.25) is 6.79 Å². The van der Waals surface area contributed by atoms with Crippen molar-refractivity contribution in [3.05, 3.63) is 41.9 Å². The number of hydrogen-bond donors (Lipinski definition) is 0. The molecular formula is C20H23N3O3. The van der Waals surface area contributed by atoms with E-state index in [1.165, 1.54) is 0 Å². The lowest BCUT2D eigenvalue weighted by atomic mass is 9.89. The first-order valence-corrected chi connectivity index (χ1v) is 9.24. The fourth-order valence-corrected chi connectivity index (χ4v) is 3.75. The molecule has 4 rings (SSSR count). The minimum Gasteiger partial charge on any atom is -0.454 e. The van der Waals surface area contributed by atoms with Gasteiger partial charge in [-0.15, -0.1) is 0 Å². The van der Waals surface area contributed by atoms with Crippen LogP contribution in [0.3, 0.4) is 0 Å². The number of benzene rings is 1. The van der Waals surface area contributed by atoms with Gasteiger partial charge in [0.25, 0.3) is 0 Å². The van der Waals surface area contributed by atoms with Crippen molar-refractivity contribution in [3.8, 4) is 11.5 Å². The maximum atomic E-state index is 13.0. The number of hydrogen-bond acceptors (Lipinski definition) is 6. The van der Waals surface area contributed by atoms with Crippen molar-refractivity contribution in [1.82, 2.24) is 9.97 Å². The van der Waals surface area contributed by atoms with Gasteiger partial charge in [0.05, 0.1) is 0 Å². The van der Waals surface area contributed by atoms with Crippen LogP contribution in [0, 0.1) is 5.92 Å². The van der Waals surface area contributed by atoms with Crippen LogP contribution >= 0.6 is 0 Å². The number of Topliss-reactive ketones (excluding diaryl/α,β-unsaturated/α-hetero) is 1. The third kappa shape index (κ3) is 3.23. The number of aromatic nitrogens is 2. The number of ether oxygens (including phenoxy) is 2. The van der Waals surface area contributed by atoms with Crippen LogP contribution in [0.1, 0.15) is 42.1 Å². The zero-order valence-electron chi connectivity index (χ0n) is 15.0. The molecule has 1 aromatic carbocycles. The van der Waals surface area contributed by atoms with Crippen molar-refractivity contribution in [2.75, 3.05) is 24.8 Å². The summed E-state index contributed by atoms with van der Waals surface area (Å²) in [6.07, 6.45) is 7.38. The molecule has 2 aliphatic heterocycles. The van der Waals surface area contributed by atoms with Crippen LogP contribution < -0.4 is 14.4 Å². The van der Waals surface area contributed by atoms with E-state index >= 15 is 0 Å². The summed E-state index contributed by atoms with van der Waals surface area (Å²) < 4.78 is 10.7. The normalized spacial score (nSPS) is 18.8. The third-order valence-corrected chi connectivity index (χ3v) is 5.03. The second kappa shape index (κ2) is 7.32. The van der Waals surface area contributed by atoms with Gasteiger partial charge < -0.3 is 14.4 Å². The van der Waals surface area contributed by atoms with Crippen LogP contribution in [0.5, 0.6) is 11.5 Å². The molecule has 1 aromatic heterocycles. The van der Waals surface area contributed by atoms with Gasteiger partial charge in [0, 0.05) is 36.3 Å². The van der Waals surface area contributed by atoms with Gasteiger partial charge in [0.1, 0.15) is 12.1 Å². The topological polar surface area (TPSA) is 64.6 Å². The molecule has 6 nitrogen and oxygen atoms in total. The van der Waals surface area contributed by atoms with Crippen LogP contribution in [-0.2, 0) is 6.42 Å². The molecule has 26 heavy (non-hydrogen) atoms. The zero-order chi connectivity index (χ0) is 17.9. The summed E-state index contributed by atoms with van der Waals surface area (Å²) in [5.41, 5.74) is 1.85. The van der Waals surface area contributed by atoms with Crippen molar-refractivity contribution >= 4 is 11.6 Å². The van der Waals surface area contributed by atoms with E-state index in [-0.39, 0.29) is 18.5 Å². The molecule has 0 spiro atoms. The first-order chi connectivity index (χ1) is 12.8. The Kier molecular flexibility index (Phi) is 4.73. The van der Waals surface area contributed by atoms with Crippen molar-refractivity contribution in [1.29, 1.82) is 0 Å². The van der Waals surface area contributed by atoms with E-state index in [4.69, 9.17) is 9.47 Å². The Morgan fingerprint density at radius 3 is 3.08 bits per heavy atom. The predicted molar refractivity (Wildman–Crippen MR) is 97.9 cm³/mol. The summed E-state index contributed by atoms with van der Waals surface area (Å²) in [6.45, 7) is 4.00. The van der Waals surface area contributed by atoms with E-state index in [0.29, 0.717) is 23.6 Å². The van der Waals surface area contributed by atoms with Crippen LogP contribution in [0.4, 0.5) is 5.82 Å². The molecule has 0 amide bonds. The van der Waals surface area contributed by atoms with E-state index in [2.05, 4.69) is 21.8 Å². The summed E-state index contributed by atoms with van der Waals surface area (Å²) in [4.78, 5) is 23.9. The number of rotatable bonds is 5. The highest BCUT2D eigenvalue weighted by atomic mass is 16.7. The molecule has 0 bridgehead atoms. The Morgan fingerprint density at radius 1 is 1.31 bits per heavy atom. The molecule has 1 atom stereocenters. The molecule has 0 aliphatic carbocycles. The molecule has 6 heteroatoms. The Hall–Kier alpha value is -2.63. The van der Waals surface area contributed by atoms with Gasteiger partial charge in [0.15, 0.2) is 17.3 Å². The van der Waals surface area contributed by atoms with Crippen LogP contribution in [-0.4, -0.2) is 35.6 Å². The van der Waals surface area contributed by atoms with Crippen molar-refractivity contribution < 1.29 is 14.3 Å². The molecule has 0 unspecified atom stereocenters. The minimum atomic E-state index is -0.0337. The average molecular weight is 353 g/mol. The smallest absolute Gasteiger partial charge is 0.231 e. The molecule has 1 saturated heterocycles. The number of carbonyl (C=O) groups is 1. The summed E-state index contributed by atoms with van der Waals surface area (Å²) >= 11 is 0. The highest BCUT2D eigenvalue weighted by molar-refractivity contribution is 5.99. The zero-order valence-corrected chi connectivity index (χ0v) is 15.0. The molecule has 3 heterocycles. The monoisotopic (exact) mass is 353 g/mol. The second-order valence-electron chi connectivity index (χ2n) is 6.84. The van der Waals surface area contributed by atoms with E-state index < -0.39 is 0 Å². The quantitative estimate of drug-likeness (QED) is 0.769. The number of anilines is 1. The number of piperidine rings is 1. The summed E-state index contributed by atoms with van der Waals surface area (Å²) in [6, 6.07) is 5.46. The lowest BCUT2D eigenvalue weighted by Crippen LogP contribution is -2.39. The molecule has 2 aromatic rings. The van der Waals surface area contributed by atoms with E-state index in [1.807, 2.05) is 18.3 Å². The third-order valence-electron chi connectivity index (χ3n) is 5.03. The van der Waals surface area contributed by atoms with E-state index in [1.54, 1.807) is 12.4 Å².